The number of nitrogens with zero attached hydrogens (tertiary/aromatic N) is 2. The summed E-state index contributed by atoms with van der Waals surface area (Å²) in [6.45, 7) is -0.0381. The van der Waals surface area contributed by atoms with E-state index in [4.69, 9.17) is 14.2 Å². The molecule has 0 bridgehead atoms. The molecule has 13 nitrogen and oxygen atoms in total. The highest BCUT2D eigenvalue weighted by atomic mass is 16.6. The van der Waals surface area contributed by atoms with Crippen LogP contribution in [0, 0.1) is 20.2 Å². The molecule has 32 heavy (non-hydrogen) atoms. The van der Waals surface area contributed by atoms with E-state index in [9.17, 15) is 29.8 Å². The van der Waals surface area contributed by atoms with Crippen LogP contribution >= 0.6 is 0 Å². The number of carbonyl (C=O) groups excluding carboxylic acids is 2. The van der Waals surface area contributed by atoms with Crippen molar-refractivity contribution in [3.63, 3.8) is 0 Å². The molecule has 0 unspecified atom stereocenters. The second-order valence-electron chi connectivity index (χ2n) is 6.17. The van der Waals surface area contributed by atoms with E-state index >= 15 is 0 Å². The maximum absolute atomic E-state index is 12.2. The van der Waals surface area contributed by atoms with Crippen LogP contribution in [0.3, 0.4) is 0 Å². The molecule has 0 aromatic heterocycles. The number of nitrogens with one attached hydrogen (secondary N) is 2. The van der Waals surface area contributed by atoms with Crippen molar-refractivity contribution in [3.8, 4) is 5.75 Å². The lowest BCUT2D eigenvalue weighted by Crippen LogP contribution is -2.21. The third-order valence-electron chi connectivity index (χ3n) is 4.06. The van der Waals surface area contributed by atoms with Crippen molar-refractivity contribution in [1.82, 2.24) is 0 Å². The number of carbonyl (C=O) groups is 2. The molecule has 0 aliphatic rings. The molecule has 2 N–H and O–H groups in total. The minimum atomic E-state index is -0.942. The Bertz CT molecular complexity index is 1030. The van der Waals surface area contributed by atoms with E-state index in [0.29, 0.717) is 13.2 Å². The molecule has 0 spiro atoms. The first-order valence-corrected chi connectivity index (χ1v) is 9.07. The molecular formula is C19H20N4O9. The summed E-state index contributed by atoms with van der Waals surface area (Å²) in [6.07, 6.45) is 0. The molecule has 0 saturated carbocycles. The predicted molar refractivity (Wildman–Crippen MR) is 112 cm³/mol. The number of methoxy groups -OCH3 is 2. The maximum atomic E-state index is 12.2. The second-order valence-corrected chi connectivity index (χ2v) is 6.17. The minimum Gasteiger partial charge on any atom is -0.494 e. The Morgan fingerprint density at radius 1 is 1.00 bits per heavy atom. The van der Waals surface area contributed by atoms with Crippen molar-refractivity contribution >= 4 is 34.6 Å². The summed E-state index contributed by atoms with van der Waals surface area (Å²) in [5.74, 6) is -1.63. The van der Waals surface area contributed by atoms with Crippen LogP contribution in [-0.4, -0.2) is 55.7 Å². The molecule has 0 heterocycles. The van der Waals surface area contributed by atoms with Crippen LogP contribution in [0.15, 0.2) is 36.4 Å². The zero-order valence-electron chi connectivity index (χ0n) is 17.2. The van der Waals surface area contributed by atoms with Gasteiger partial charge in [0.05, 0.1) is 40.9 Å². The average Bonchev–Trinajstić information content (AvgIpc) is 2.77. The van der Waals surface area contributed by atoms with Crippen LogP contribution in [-0.2, 0) is 14.3 Å². The monoisotopic (exact) mass is 448 g/mol. The van der Waals surface area contributed by atoms with Crippen molar-refractivity contribution in [2.45, 2.75) is 0 Å². The Morgan fingerprint density at radius 3 is 2.34 bits per heavy atom. The highest BCUT2D eigenvalue weighted by molar-refractivity contribution is 5.97. The molecule has 0 aliphatic heterocycles. The summed E-state index contributed by atoms with van der Waals surface area (Å²) in [4.78, 5) is 45.2. The zero-order chi connectivity index (χ0) is 23.7. The number of anilines is 2. The Kier molecular flexibility index (Phi) is 8.42. The van der Waals surface area contributed by atoms with Gasteiger partial charge in [-0.2, -0.15) is 0 Å². The largest absolute Gasteiger partial charge is 0.494 e. The van der Waals surface area contributed by atoms with E-state index in [1.54, 1.807) is 0 Å². The molecule has 0 fully saturated rings. The molecule has 1 amide bonds. The molecule has 0 saturated heterocycles. The number of hydrogen-bond acceptors (Lipinski definition) is 10. The number of benzene rings is 2. The Balaban J connectivity index is 2.02. The van der Waals surface area contributed by atoms with Crippen molar-refractivity contribution in [2.24, 2.45) is 0 Å². The zero-order valence-corrected chi connectivity index (χ0v) is 17.2. The standard InChI is InChI=1S/C19H20N4O9/c1-30-8-7-20-14-5-3-12(9-16(14)23(28)29)19(25)32-11-18(24)21-15-6-4-13(22(26)27)10-17(15)31-2/h3-6,9-10,20H,7-8,11H2,1-2H3,(H,21,24). The average molecular weight is 448 g/mol. The lowest BCUT2D eigenvalue weighted by atomic mass is 10.1. The van der Waals surface area contributed by atoms with Gasteiger partial charge in [0.15, 0.2) is 6.61 Å². The van der Waals surface area contributed by atoms with Crippen molar-refractivity contribution in [1.29, 1.82) is 0 Å². The van der Waals surface area contributed by atoms with Gasteiger partial charge < -0.3 is 24.8 Å². The fourth-order valence-corrected chi connectivity index (χ4v) is 2.54. The fourth-order valence-electron chi connectivity index (χ4n) is 2.54. The van der Waals surface area contributed by atoms with Crippen molar-refractivity contribution in [2.75, 3.05) is 44.6 Å². The van der Waals surface area contributed by atoms with E-state index in [1.165, 1.54) is 38.5 Å². The second kappa shape index (κ2) is 11.2. The van der Waals surface area contributed by atoms with E-state index in [-0.39, 0.29) is 34.1 Å². The normalized spacial score (nSPS) is 10.2. The SMILES string of the molecule is COCCNc1ccc(C(=O)OCC(=O)Nc2ccc([N+](=O)[O-])cc2OC)cc1[N+](=O)[O-]. The van der Waals surface area contributed by atoms with E-state index in [0.717, 1.165) is 12.1 Å². The van der Waals surface area contributed by atoms with Crippen molar-refractivity contribution < 1.29 is 33.6 Å². The number of ether oxygens (including phenoxy) is 3. The van der Waals surface area contributed by atoms with Gasteiger partial charge in [0, 0.05) is 25.8 Å². The molecule has 2 aromatic carbocycles. The molecule has 2 rings (SSSR count). The van der Waals surface area contributed by atoms with Crippen LogP contribution < -0.4 is 15.4 Å². The van der Waals surface area contributed by atoms with Gasteiger partial charge in [0.1, 0.15) is 11.4 Å². The first-order chi connectivity index (χ1) is 15.3. The lowest BCUT2D eigenvalue weighted by molar-refractivity contribution is -0.384. The van der Waals surface area contributed by atoms with Gasteiger partial charge in [-0.05, 0) is 18.2 Å². The number of nitro groups is 2. The summed E-state index contributed by atoms with van der Waals surface area (Å²) in [5, 5.41) is 27.3. The topological polar surface area (TPSA) is 172 Å². The fraction of sp³-hybridized carbons (Fsp3) is 0.263. The van der Waals surface area contributed by atoms with Gasteiger partial charge in [-0.15, -0.1) is 0 Å². The molecule has 2 aromatic rings. The van der Waals surface area contributed by atoms with Crippen LogP contribution in [0.5, 0.6) is 5.75 Å². The summed E-state index contributed by atoms with van der Waals surface area (Å²) < 4.78 is 14.8. The van der Waals surface area contributed by atoms with Gasteiger partial charge in [0.2, 0.25) is 0 Å². The predicted octanol–water partition coefficient (Wildman–Crippen LogP) is 2.37. The summed E-state index contributed by atoms with van der Waals surface area (Å²) in [6, 6.07) is 7.28. The number of non-ortho nitro benzene ring substituents is 1. The minimum absolute atomic E-state index is 0.0473. The Labute approximate surface area is 181 Å². The van der Waals surface area contributed by atoms with Gasteiger partial charge in [-0.1, -0.05) is 0 Å². The molecule has 0 atom stereocenters. The first kappa shape index (κ1) is 24.0. The number of nitro benzene ring substituents is 2. The smallest absolute Gasteiger partial charge is 0.338 e. The number of esters is 1. The first-order valence-electron chi connectivity index (χ1n) is 9.07. The molecular weight excluding hydrogens is 428 g/mol. The molecule has 170 valence electrons. The van der Waals surface area contributed by atoms with Crippen LogP contribution in [0.4, 0.5) is 22.7 Å². The van der Waals surface area contributed by atoms with Gasteiger partial charge in [-0.3, -0.25) is 25.0 Å². The van der Waals surface area contributed by atoms with Crippen LogP contribution in [0.1, 0.15) is 10.4 Å². The van der Waals surface area contributed by atoms with E-state index in [2.05, 4.69) is 10.6 Å². The van der Waals surface area contributed by atoms with Gasteiger partial charge >= 0.3 is 5.97 Å². The third kappa shape index (κ3) is 6.37. The summed E-state index contributed by atoms with van der Waals surface area (Å²) >= 11 is 0. The lowest BCUT2D eigenvalue weighted by Gasteiger charge is -2.11. The number of hydrogen-bond donors (Lipinski definition) is 2. The van der Waals surface area contributed by atoms with Gasteiger partial charge in [-0.25, -0.2) is 4.79 Å². The molecule has 13 heteroatoms. The number of rotatable bonds is 11. The molecule has 0 radical (unpaired) electrons. The van der Waals surface area contributed by atoms with Crippen molar-refractivity contribution in [3.05, 3.63) is 62.2 Å². The highest BCUT2D eigenvalue weighted by Crippen LogP contribution is 2.29. The van der Waals surface area contributed by atoms with E-state index in [1.807, 2.05) is 0 Å². The number of amides is 1. The quantitative estimate of drug-likeness (QED) is 0.225. The third-order valence-corrected chi connectivity index (χ3v) is 4.06. The van der Waals surface area contributed by atoms with Gasteiger partial charge in [0.25, 0.3) is 17.3 Å². The summed E-state index contributed by atoms with van der Waals surface area (Å²) in [7, 11) is 2.76. The highest BCUT2D eigenvalue weighted by Gasteiger charge is 2.19. The Hall–Kier alpha value is -4.26. The van der Waals surface area contributed by atoms with Crippen LogP contribution in [0.2, 0.25) is 0 Å². The van der Waals surface area contributed by atoms with E-state index < -0.39 is 28.3 Å². The summed E-state index contributed by atoms with van der Waals surface area (Å²) in [5.41, 5.74) is -0.341. The van der Waals surface area contributed by atoms with Crippen LogP contribution in [0.25, 0.3) is 0 Å². The Morgan fingerprint density at radius 2 is 1.72 bits per heavy atom. The molecule has 0 aliphatic carbocycles. The maximum Gasteiger partial charge on any atom is 0.338 e.